The Morgan fingerprint density at radius 2 is 1.87 bits per heavy atom. The van der Waals surface area contributed by atoms with Crippen LogP contribution in [-0.4, -0.2) is 15.1 Å². The fourth-order valence-corrected chi connectivity index (χ4v) is 1.29. The molecular weight excluding hydrogens is 190 g/mol. The summed E-state index contributed by atoms with van der Waals surface area (Å²) in [5, 5.41) is 9.31. The van der Waals surface area contributed by atoms with Gasteiger partial charge in [-0.15, -0.1) is 0 Å². The van der Waals surface area contributed by atoms with Crippen molar-refractivity contribution in [1.29, 1.82) is 0 Å². The van der Waals surface area contributed by atoms with Crippen molar-refractivity contribution in [2.75, 3.05) is 0 Å². The summed E-state index contributed by atoms with van der Waals surface area (Å²) in [5.41, 5.74) is 7.15. The molecule has 0 aliphatic carbocycles. The van der Waals surface area contributed by atoms with Gasteiger partial charge in [0.25, 0.3) is 0 Å². The first-order valence-corrected chi connectivity index (χ1v) is 4.60. The van der Waals surface area contributed by atoms with Crippen LogP contribution in [0.5, 0.6) is 5.75 Å². The molecule has 0 amide bonds. The van der Waals surface area contributed by atoms with Gasteiger partial charge in [0.1, 0.15) is 11.6 Å². The lowest BCUT2D eigenvalue weighted by Crippen LogP contribution is -2.01. The maximum absolute atomic E-state index is 9.31. The molecule has 0 unspecified atom stereocenters. The number of phenols is 1. The predicted octanol–water partition coefficient (Wildman–Crippen LogP) is 1.31. The molecule has 0 saturated heterocycles. The van der Waals surface area contributed by atoms with Gasteiger partial charge >= 0.3 is 0 Å². The molecule has 2 rings (SSSR count). The van der Waals surface area contributed by atoms with Crippen LogP contribution in [0.4, 0.5) is 0 Å². The van der Waals surface area contributed by atoms with Gasteiger partial charge in [-0.1, -0.05) is 12.1 Å². The average molecular weight is 201 g/mol. The summed E-state index contributed by atoms with van der Waals surface area (Å²) in [6, 6.07) is 6.96. The van der Waals surface area contributed by atoms with Crippen LogP contribution in [0.2, 0.25) is 0 Å². The Balaban J connectivity index is 2.37. The van der Waals surface area contributed by atoms with Crippen molar-refractivity contribution in [1.82, 2.24) is 9.97 Å². The summed E-state index contributed by atoms with van der Waals surface area (Å²) in [6.07, 6.45) is 3.40. The van der Waals surface area contributed by atoms with Crippen LogP contribution in [-0.2, 0) is 6.54 Å². The van der Waals surface area contributed by atoms with E-state index in [2.05, 4.69) is 9.97 Å². The first kappa shape index (κ1) is 9.61. The second-order valence-corrected chi connectivity index (χ2v) is 3.14. The fourth-order valence-electron chi connectivity index (χ4n) is 1.29. The van der Waals surface area contributed by atoms with E-state index in [0.29, 0.717) is 12.4 Å². The summed E-state index contributed by atoms with van der Waals surface area (Å²) in [4.78, 5) is 8.17. The highest BCUT2D eigenvalue weighted by atomic mass is 16.3. The molecule has 3 N–H and O–H groups in total. The minimum absolute atomic E-state index is 0.232. The van der Waals surface area contributed by atoms with Gasteiger partial charge in [0.15, 0.2) is 0 Å². The van der Waals surface area contributed by atoms with E-state index in [0.717, 1.165) is 11.1 Å². The second-order valence-electron chi connectivity index (χ2n) is 3.14. The Kier molecular flexibility index (Phi) is 2.60. The third kappa shape index (κ3) is 2.11. The zero-order valence-electron chi connectivity index (χ0n) is 8.09. The molecule has 0 aliphatic heterocycles. The first-order valence-electron chi connectivity index (χ1n) is 4.60. The van der Waals surface area contributed by atoms with Crippen molar-refractivity contribution in [2.24, 2.45) is 5.73 Å². The van der Waals surface area contributed by atoms with E-state index in [4.69, 9.17) is 5.73 Å². The second kappa shape index (κ2) is 4.06. The van der Waals surface area contributed by atoms with Crippen molar-refractivity contribution in [3.05, 3.63) is 42.5 Å². The Morgan fingerprint density at radius 3 is 2.47 bits per heavy atom. The standard InChI is InChI=1S/C11H11N3O/c12-5-11-13-6-9(7-14-11)8-2-1-3-10(15)4-8/h1-4,6-7,15H,5,12H2. The topological polar surface area (TPSA) is 72.0 Å². The number of nitrogens with two attached hydrogens (primary N) is 1. The number of nitrogens with zero attached hydrogens (tertiary/aromatic N) is 2. The molecule has 0 fully saturated rings. The minimum Gasteiger partial charge on any atom is -0.508 e. The third-order valence-electron chi connectivity index (χ3n) is 2.07. The van der Waals surface area contributed by atoms with Crippen molar-refractivity contribution in [2.45, 2.75) is 6.54 Å². The molecule has 1 heterocycles. The van der Waals surface area contributed by atoms with Crippen LogP contribution in [0.25, 0.3) is 11.1 Å². The Hall–Kier alpha value is -1.94. The Bertz CT molecular complexity index is 454. The molecule has 76 valence electrons. The molecule has 1 aromatic carbocycles. The molecule has 0 saturated carbocycles. The maximum atomic E-state index is 9.31. The van der Waals surface area contributed by atoms with Crippen LogP contribution in [0.1, 0.15) is 5.82 Å². The molecule has 1 aromatic heterocycles. The van der Waals surface area contributed by atoms with E-state index < -0.39 is 0 Å². The summed E-state index contributed by atoms with van der Waals surface area (Å²) in [6.45, 7) is 0.334. The van der Waals surface area contributed by atoms with Crippen LogP contribution < -0.4 is 5.73 Å². The van der Waals surface area contributed by atoms with Crippen molar-refractivity contribution >= 4 is 0 Å². The monoisotopic (exact) mass is 201 g/mol. The highest BCUT2D eigenvalue weighted by Gasteiger charge is 2.00. The van der Waals surface area contributed by atoms with E-state index in [1.54, 1.807) is 30.6 Å². The lowest BCUT2D eigenvalue weighted by molar-refractivity contribution is 0.475. The van der Waals surface area contributed by atoms with E-state index in [1.165, 1.54) is 0 Å². The molecule has 0 aliphatic rings. The minimum atomic E-state index is 0.232. The van der Waals surface area contributed by atoms with E-state index in [-0.39, 0.29) is 5.75 Å². The zero-order valence-corrected chi connectivity index (χ0v) is 8.09. The largest absolute Gasteiger partial charge is 0.508 e. The number of hydrogen-bond acceptors (Lipinski definition) is 4. The maximum Gasteiger partial charge on any atom is 0.141 e. The van der Waals surface area contributed by atoms with Crippen molar-refractivity contribution in [3.63, 3.8) is 0 Å². The molecular formula is C11H11N3O. The predicted molar refractivity (Wildman–Crippen MR) is 57.0 cm³/mol. The van der Waals surface area contributed by atoms with Crippen molar-refractivity contribution < 1.29 is 5.11 Å². The van der Waals surface area contributed by atoms with Gasteiger partial charge in [-0.05, 0) is 17.7 Å². The van der Waals surface area contributed by atoms with Gasteiger partial charge in [0.2, 0.25) is 0 Å². The van der Waals surface area contributed by atoms with E-state index in [9.17, 15) is 5.11 Å². The van der Waals surface area contributed by atoms with E-state index in [1.807, 2.05) is 6.07 Å². The van der Waals surface area contributed by atoms with Gasteiger partial charge in [-0.25, -0.2) is 9.97 Å². The fraction of sp³-hybridized carbons (Fsp3) is 0.0909. The highest BCUT2D eigenvalue weighted by molar-refractivity contribution is 5.63. The van der Waals surface area contributed by atoms with Gasteiger partial charge in [-0.2, -0.15) is 0 Å². The van der Waals surface area contributed by atoms with Crippen LogP contribution in [0, 0.1) is 0 Å². The summed E-state index contributed by atoms with van der Waals surface area (Å²) in [7, 11) is 0. The molecule has 0 bridgehead atoms. The molecule has 2 aromatic rings. The van der Waals surface area contributed by atoms with Crippen LogP contribution in [0.15, 0.2) is 36.7 Å². The Morgan fingerprint density at radius 1 is 1.13 bits per heavy atom. The number of benzene rings is 1. The highest BCUT2D eigenvalue weighted by Crippen LogP contribution is 2.21. The van der Waals surface area contributed by atoms with E-state index >= 15 is 0 Å². The normalized spacial score (nSPS) is 10.2. The number of aromatic nitrogens is 2. The average Bonchev–Trinajstić information content (AvgIpc) is 2.29. The Labute approximate surface area is 87.4 Å². The molecule has 0 atom stereocenters. The van der Waals surface area contributed by atoms with Crippen LogP contribution >= 0.6 is 0 Å². The number of hydrogen-bond donors (Lipinski definition) is 2. The smallest absolute Gasteiger partial charge is 0.141 e. The summed E-state index contributed by atoms with van der Waals surface area (Å²) in [5.74, 6) is 0.842. The molecule has 15 heavy (non-hydrogen) atoms. The molecule has 0 spiro atoms. The van der Waals surface area contributed by atoms with Crippen LogP contribution in [0.3, 0.4) is 0 Å². The number of rotatable bonds is 2. The third-order valence-corrected chi connectivity index (χ3v) is 2.07. The SMILES string of the molecule is NCc1ncc(-c2cccc(O)c2)cn1. The quantitative estimate of drug-likeness (QED) is 0.768. The van der Waals surface area contributed by atoms with Gasteiger partial charge in [0, 0.05) is 18.0 Å². The van der Waals surface area contributed by atoms with Gasteiger partial charge in [0.05, 0.1) is 6.54 Å². The number of phenolic OH excluding ortho intramolecular Hbond substituents is 1. The zero-order chi connectivity index (χ0) is 10.7. The first-order chi connectivity index (χ1) is 7.29. The summed E-state index contributed by atoms with van der Waals surface area (Å²) >= 11 is 0. The van der Waals surface area contributed by atoms with Gasteiger partial charge in [-0.3, -0.25) is 0 Å². The summed E-state index contributed by atoms with van der Waals surface area (Å²) < 4.78 is 0. The lowest BCUT2D eigenvalue weighted by atomic mass is 10.1. The van der Waals surface area contributed by atoms with Crippen molar-refractivity contribution in [3.8, 4) is 16.9 Å². The number of aromatic hydroxyl groups is 1. The molecule has 4 heteroatoms. The van der Waals surface area contributed by atoms with Gasteiger partial charge < -0.3 is 10.8 Å². The molecule has 4 nitrogen and oxygen atoms in total. The molecule has 0 radical (unpaired) electrons. The lowest BCUT2D eigenvalue weighted by Gasteiger charge is -2.02.